The van der Waals surface area contributed by atoms with Gasteiger partial charge in [-0.2, -0.15) is 0 Å². The lowest BCUT2D eigenvalue weighted by Gasteiger charge is -2.20. The molecule has 2 heteroatoms. The van der Waals surface area contributed by atoms with Gasteiger partial charge >= 0.3 is 0 Å². The van der Waals surface area contributed by atoms with Gasteiger partial charge < -0.3 is 5.32 Å². The Hall–Kier alpha value is -1.31. The van der Waals surface area contributed by atoms with Gasteiger partial charge in [0.05, 0.1) is 0 Å². The molecule has 0 bridgehead atoms. The van der Waals surface area contributed by atoms with Gasteiger partial charge in [-0.25, -0.2) is 0 Å². The van der Waals surface area contributed by atoms with Crippen molar-refractivity contribution in [2.45, 2.75) is 45.6 Å². The second-order valence-corrected chi connectivity index (χ2v) is 4.14. The van der Waals surface area contributed by atoms with Crippen molar-refractivity contribution in [2.75, 3.05) is 0 Å². The second kappa shape index (κ2) is 7.04. The Bertz CT molecular complexity index is 300. The van der Waals surface area contributed by atoms with E-state index < -0.39 is 0 Å². The highest BCUT2D eigenvalue weighted by Crippen LogP contribution is 2.12. The van der Waals surface area contributed by atoms with Crippen molar-refractivity contribution in [3.05, 3.63) is 36.7 Å². The van der Waals surface area contributed by atoms with E-state index in [2.05, 4.69) is 30.7 Å². The van der Waals surface area contributed by atoms with E-state index in [1.54, 1.807) is 6.20 Å². The summed E-state index contributed by atoms with van der Waals surface area (Å²) in [6.45, 7) is 8.52. The molecule has 0 saturated carbocycles. The summed E-state index contributed by atoms with van der Waals surface area (Å²) in [6.07, 6.45) is 8.45. The molecule has 0 atom stereocenters. The number of nitrogens with one attached hydrogen (secondary N) is 1. The smallest absolute Gasteiger partial charge is 0.0360 e. The summed E-state index contributed by atoms with van der Waals surface area (Å²) in [5.74, 6) is 0. The molecule has 1 aromatic rings. The molecule has 0 spiro atoms. The van der Waals surface area contributed by atoms with Crippen LogP contribution in [0.2, 0.25) is 0 Å². The molecule has 2 nitrogen and oxygen atoms in total. The molecule has 0 fully saturated rings. The number of pyridine rings is 1. The zero-order chi connectivity index (χ0) is 11.8. The van der Waals surface area contributed by atoms with Crippen LogP contribution >= 0.6 is 0 Å². The molecule has 0 saturated heterocycles. The van der Waals surface area contributed by atoms with Crippen molar-refractivity contribution in [3.63, 3.8) is 0 Å². The van der Waals surface area contributed by atoms with Gasteiger partial charge in [0.1, 0.15) is 0 Å². The number of hydrogen-bond donors (Lipinski definition) is 1. The first-order valence-corrected chi connectivity index (χ1v) is 6.13. The van der Waals surface area contributed by atoms with Gasteiger partial charge in [-0.05, 0) is 25.0 Å². The summed E-state index contributed by atoms with van der Waals surface area (Å²) >= 11 is 0. The van der Waals surface area contributed by atoms with Crippen molar-refractivity contribution in [1.82, 2.24) is 10.3 Å². The molecule has 1 heterocycles. The van der Waals surface area contributed by atoms with Gasteiger partial charge in [0.25, 0.3) is 0 Å². The number of rotatable bonds is 7. The predicted molar refractivity (Wildman–Crippen MR) is 70.0 cm³/mol. The lowest BCUT2D eigenvalue weighted by molar-refractivity contribution is 0.502. The van der Waals surface area contributed by atoms with E-state index in [0.717, 1.165) is 11.3 Å². The summed E-state index contributed by atoms with van der Waals surface area (Å²) < 4.78 is 0. The van der Waals surface area contributed by atoms with Crippen LogP contribution in [0, 0.1) is 0 Å². The molecule has 88 valence electrons. The SMILES string of the molecule is C=C(NC(CCC)CCC)c1cccnc1. The minimum atomic E-state index is 0.544. The van der Waals surface area contributed by atoms with Gasteiger partial charge in [0, 0.05) is 29.7 Å². The summed E-state index contributed by atoms with van der Waals surface area (Å²) in [5, 5.41) is 3.50. The van der Waals surface area contributed by atoms with Gasteiger partial charge in [-0.1, -0.05) is 33.3 Å². The summed E-state index contributed by atoms with van der Waals surface area (Å²) in [5.41, 5.74) is 2.07. The number of nitrogens with zero attached hydrogens (tertiary/aromatic N) is 1. The van der Waals surface area contributed by atoms with Crippen LogP contribution in [0.4, 0.5) is 0 Å². The Morgan fingerprint density at radius 2 is 2.06 bits per heavy atom. The van der Waals surface area contributed by atoms with Crippen LogP contribution in [-0.4, -0.2) is 11.0 Å². The number of aromatic nitrogens is 1. The largest absolute Gasteiger partial charge is 0.382 e. The van der Waals surface area contributed by atoms with Gasteiger partial charge in [-0.3, -0.25) is 4.98 Å². The Balaban J connectivity index is 2.54. The van der Waals surface area contributed by atoms with E-state index in [-0.39, 0.29) is 0 Å². The minimum absolute atomic E-state index is 0.544. The highest BCUT2D eigenvalue weighted by atomic mass is 14.9. The first kappa shape index (κ1) is 12.8. The lowest BCUT2D eigenvalue weighted by Crippen LogP contribution is -2.27. The third-order valence-corrected chi connectivity index (χ3v) is 2.66. The molecule has 0 aliphatic rings. The molecule has 0 radical (unpaired) electrons. The highest BCUT2D eigenvalue weighted by Gasteiger charge is 2.07. The van der Waals surface area contributed by atoms with Crippen molar-refractivity contribution < 1.29 is 0 Å². The molecular formula is C14H22N2. The Kier molecular flexibility index (Phi) is 5.62. The van der Waals surface area contributed by atoms with Crippen LogP contribution < -0.4 is 5.32 Å². The van der Waals surface area contributed by atoms with E-state index in [1.807, 2.05) is 18.3 Å². The quantitative estimate of drug-likeness (QED) is 0.756. The highest BCUT2D eigenvalue weighted by molar-refractivity contribution is 5.60. The van der Waals surface area contributed by atoms with Crippen molar-refractivity contribution in [2.24, 2.45) is 0 Å². The third-order valence-electron chi connectivity index (χ3n) is 2.66. The number of hydrogen-bond acceptors (Lipinski definition) is 2. The fourth-order valence-electron chi connectivity index (χ4n) is 1.86. The fraction of sp³-hybridized carbons (Fsp3) is 0.500. The summed E-state index contributed by atoms with van der Waals surface area (Å²) in [6, 6.07) is 4.52. The minimum Gasteiger partial charge on any atom is -0.382 e. The van der Waals surface area contributed by atoms with Gasteiger partial charge in [0.2, 0.25) is 0 Å². The van der Waals surface area contributed by atoms with Crippen LogP contribution in [0.5, 0.6) is 0 Å². The fourth-order valence-corrected chi connectivity index (χ4v) is 1.86. The maximum atomic E-state index is 4.10. The van der Waals surface area contributed by atoms with E-state index >= 15 is 0 Å². The summed E-state index contributed by atoms with van der Waals surface area (Å²) in [4.78, 5) is 4.10. The maximum absolute atomic E-state index is 4.10. The van der Waals surface area contributed by atoms with Crippen molar-refractivity contribution in [1.29, 1.82) is 0 Å². The molecule has 0 aliphatic heterocycles. The normalized spacial score (nSPS) is 10.4. The first-order valence-electron chi connectivity index (χ1n) is 6.13. The van der Waals surface area contributed by atoms with Crippen molar-refractivity contribution >= 4 is 5.70 Å². The second-order valence-electron chi connectivity index (χ2n) is 4.14. The van der Waals surface area contributed by atoms with Gasteiger partial charge in [-0.15, -0.1) is 0 Å². The van der Waals surface area contributed by atoms with Crippen molar-refractivity contribution in [3.8, 4) is 0 Å². The Morgan fingerprint density at radius 3 is 2.56 bits per heavy atom. The molecule has 0 aliphatic carbocycles. The average Bonchev–Trinajstić information content (AvgIpc) is 2.31. The maximum Gasteiger partial charge on any atom is 0.0360 e. The monoisotopic (exact) mass is 218 g/mol. The molecular weight excluding hydrogens is 196 g/mol. The summed E-state index contributed by atoms with van der Waals surface area (Å²) in [7, 11) is 0. The van der Waals surface area contributed by atoms with Crippen LogP contribution in [0.15, 0.2) is 31.1 Å². The van der Waals surface area contributed by atoms with E-state index in [1.165, 1.54) is 25.7 Å². The predicted octanol–water partition coefficient (Wildman–Crippen LogP) is 3.61. The Morgan fingerprint density at radius 1 is 1.38 bits per heavy atom. The van der Waals surface area contributed by atoms with E-state index in [9.17, 15) is 0 Å². The first-order chi connectivity index (χ1) is 7.77. The van der Waals surface area contributed by atoms with E-state index in [4.69, 9.17) is 0 Å². The molecule has 1 N–H and O–H groups in total. The molecule has 1 rings (SSSR count). The van der Waals surface area contributed by atoms with Crippen LogP contribution in [0.1, 0.15) is 45.1 Å². The third kappa shape index (κ3) is 4.05. The molecule has 0 aromatic carbocycles. The van der Waals surface area contributed by atoms with Crippen LogP contribution in [0.25, 0.3) is 5.70 Å². The van der Waals surface area contributed by atoms with Crippen LogP contribution in [0.3, 0.4) is 0 Å². The molecule has 16 heavy (non-hydrogen) atoms. The molecule has 0 amide bonds. The Labute approximate surface area is 98.8 Å². The van der Waals surface area contributed by atoms with Gasteiger partial charge in [0.15, 0.2) is 0 Å². The zero-order valence-electron chi connectivity index (χ0n) is 10.4. The standard InChI is InChI=1S/C14H22N2/c1-4-7-14(8-5-2)16-12(3)13-9-6-10-15-11-13/h6,9-11,14,16H,3-5,7-8H2,1-2H3. The van der Waals surface area contributed by atoms with E-state index in [0.29, 0.717) is 6.04 Å². The van der Waals surface area contributed by atoms with Crippen LogP contribution in [-0.2, 0) is 0 Å². The average molecular weight is 218 g/mol. The lowest BCUT2D eigenvalue weighted by atomic mass is 10.1. The molecule has 0 unspecified atom stereocenters. The molecule has 1 aromatic heterocycles. The topological polar surface area (TPSA) is 24.9 Å². The zero-order valence-corrected chi connectivity index (χ0v) is 10.4.